The summed E-state index contributed by atoms with van der Waals surface area (Å²) in [7, 11) is 0. The number of halogens is 3. The van der Waals surface area contributed by atoms with E-state index in [0.717, 1.165) is 12.1 Å². The molecule has 0 spiro atoms. The number of nitrogens with two attached hydrogens (primary N) is 1. The topological polar surface area (TPSA) is 119 Å². The van der Waals surface area contributed by atoms with E-state index in [1.165, 1.54) is 17.0 Å². The molecule has 2 saturated heterocycles. The Morgan fingerprint density at radius 1 is 1.18 bits per heavy atom. The van der Waals surface area contributed by atoms with Gasteiger partial charge < -0.3 is 31.1 Å². The van der Waals surface area contributed by atoms with Gasteiger partial charge >= 0.3 is 6.18 Å². The van der Waals surface area contributed by atoms with Crippen LogP contribution in [0.1, 0.15) is 24.8 Å². The SMILES string of the molecule is NC(=O)C1CCN(C(=O)[C@@H]2C[C@@H](O)[C@H](O)[C@@H]3NC(=S)N(c4cccc(C(F)(F)F)c4)[C@H]32)CC1. The lowest BCUT2D eigenvalue weighted by Gasteiger charge is -2.44. The van der Waals surface area contributed by atoms with Gasteiger partial charge in [-0.1, -0.05) is 6.07 Å². The number of piperidine rings is 1. The molecule has 0 bridgehead atoms. The Morgan fingerprint density at radius 3 is 2.45 bits per heavy atom. The Hall–Kier alpha value is -2.44. The third kappa shape index (κ3) is 4.38. The maximum absolute atomic E-state index is 13.5. The number of carbonyl (C=O) groups is 2. The second kappa shape index (κ2) is 8.73. The zero-order chi connectivity index (χ0) is 24.1. The number of amides is 2. The van der Waals surface area contributed by atoms with Crippen LogP contribution >= 0.6 is 12.2 Å². The summed E-state index contributed by atoms with van der Waals surface area (Å²) >= 11 is 5.37. The number of likely N-dealkylation sites (tertiary alicyclic amines) is 1. The van der Waals surface area contributed by atoms with E-state index in [1.54, 1.807) is 4.90 Å². The van der Waals surface area contributed by atoms with Crippen molar-refractivity contribution in [1.82, 2.24) is 10.2 Å². The van der Waals surface area contributed by atoms with Crippen molar-refractivity contribution in [3.8, 4) is 0 Å². The van der Waals surface area contributed by atoms with Crippen LogP contribution in [0.3, 0.4) is 0 Å². The van der Waals surface area contributed by atoms with Gasteiger partial charge in [-0.05, 0) is 49.7 Å². The highest BCUT2D eigenvalue weighted by atomic mass is 32.1. The number of nitrogens with one attached hydrogen (secondary N) is 1. The normalized spacial score (nSPS) is 30.7. The van der Waals surface area contributed by atoms with Crippen molar-refractivity contribution >= 4 is 34.8 Å². The molecule has 8 nitrogen and oxygen atoms in total. The largest absolute Gasteiger partial charge is 0.416 e. The quantitative estimate of drug-likeness (QED) is 0.462. The first-order chi connectivity index (χ1) is 15.5. The van der Waals surface area contributed by atoms with E-state index in [4.69, 9.17) is 18.0 Å². The van der Waals surface area contributed by atoms with Crippen molar-refractivity contribution in [2.45, 2.75) is 49.7 Å². The molecule has 5 N–H and O–H groups in total. The average molecular weight is 487 g/mol. The summed E-state index contributed by atoms with van der Waals surface area (Å²) in [6, 6.07) is 2.98. The zero-order valence-electron chi connectivity index (χ0n) is 17.5. The highest BCUT2D eigenvalue weighted by molar-refractivity contribution is 7.80. The smallest absolute Gasteiger partial charge is 0.390 e. The molecule has 0 aromatic heterocycles. The molecule has 1 aliphatic carbocycles. The molecule has 3 aliphatic rings. The van der Waals surface area contributed by atoms with Crippen molar-refractivity contribution in [3.05, 3.63) is 29.8 Å². The first-order valence-electron chi connectivity index (χ1n) is 10.7. The van der Waals surface area contributed by atoms with Crippen LogP contribution in [0.2, 0.25) is 0 Å². The first-order valence-corrected chi connectivity index (χ1v) is 11.1. The molecule has 0 unspecified atom stereocenters. The van der Waals surface area contributed by atoms with Crippen LogP contribution in [0.25, 0.3) is 0 Å². The molecule has 2 amide bonds. The summed E-state index contributed by atoms with van der Waals surface area (Å²) in [5, 5.41) is 23.9. The molecular formula is C21H25F3N4O4S. The highest BCUT2D eigenvalue weighted by Gasteiger charge is 2.55. The minimum atomic E-state index is -4.56. The molecule has 0 radical (unpaired) electrons. The van der Waals surface area contributed by atoms with Gasteiger partial charge in [-0.15, -0.1) is 0 Å². The maximum Gasteiger partial charge on any atom is 0.416 e. The monoisotopic (exact) mass is 486 g/mol. The Kier molecular flexibility index (Phi) is 6.27. The minimum Gasteiger partial charge on any atom is -0.390 e. The van der Waals surface area contributed by atoms with Crippen molar-refractivity contribution in [2.75, 3.05) is 18.0 Å². The van der Waals surface area contributed by atoms with Gasteiger partial charge in [-0.3, -0.25) is 9.59 Å². The number of aliphatic hydroxyl groups is 2. The lowest BCUT2D eigenvalue weighted by Crippen LogP contribution is -2.61. The predicted molar refractivity (Wildman–Crippen MR) is 116 cm³/mol. The zero-order valence-corrected chi connectivity index (χ0v) is 18.4. The number of thiocarbonyl (C=S) groups is 1. The number of carbonyl (C=O) groups excluding carboxylic acids is 2. The first kappa shape index (κ1) is 23.7. The summed E-state index contributed by atoms with van der Waals surface area (Å²) in [4.78, 5) is 27.9. The fraction of sp³-hybridized carbons (Fsp3) is 0.571. The number of alkyl halides is 3. The molecule has 2 heterocycles. The Bertz CT molecular complexity index is 954. The molecule has 5 atom stereocenters. The molecule has 12 heteroatoms. The average Bonchev–Trinajstić information content (AvgIpc) is 3.12. The van der Waals surface area contributed by atoms with Crippen LogP contribution in [-0.4, -0.2) is 69.4 Å². The lowest BCUT2D eigenvalue weighted by molar-refractivity contribution is -0.144. The van der Waals surface area contributed by atoms with Gasteiger partial charge in [-0.2, -0.15) is 13.2 Å². The standard InChI is InChI=1S/C21H25F3N4O4S/c22-21(23,24)11-2-1-3-12(8-11)28-16-13(9-14(29)17(30)15(16)26-20(28)33)19(32)27-6-4-10(5-7-27)18(25)31/h1-3,8,10,13-17,29-30H,4-7,9H2,(H2,25,31)(H,26,33)/t13-,14-,15-,16+,17+/m1/s1. The van der Waals surface area contributed by atoms with E-state index in [0.29, 0.717) is 25.9 Å². The third-order valence-electron chi connectivity index (χ3n) is 6.82. The van der Waals surface area contributed by atoms with E-state index >= 15 is 0 Å². The number of hydrogen-bond donors (Lipinski definition) is 4. The maximum atomic E-state index is 13.5. The lowest BCUT2D eigenvalue weighted by atomic mass is 9.76. The second-order valence-electron chi connectivity index (χ2n) is 8.79. The fourth-order valence-electron chi connectivity index (χ4n) is 5.08. The highest BCUT2D eigenvalue weighted by Crippen LogP contribution is 2.39. The summed E-state index contributed by atoms with van der Waals surface area (Å²) in [5.74, 6) is -1.87. The van der Waals surface area contributed by atoms with Gasteiger partial charge in [0.2, 0.25) is 11.8 Å². The molecule has 1 saturated carbocycles. The third-order valence-corrected chi connectivity index (χ3v) is 7.14. The molecular weight excluding hydrogens is 461 g/mol. The molecule has 180 valence electrons. The summed E-state index contributed by atoms with van der Waals surface area (Å²) < 4.78 is 39.9. The van der Waals surface area contributed by atoms with Gasteiger partial charge in [0.1, 0.15) is 6.10 Å². The van der Waals surface area contributed by atoms with E-state index in [1.807, 2.05) is 0 Å². The van der Waals surface area contributed by atoms with Crippen LogP contribution in [0.15, 0.2) is 24.3 Å². The van der Waals surface area contributed by atoms with E-state index in [2.05, 4.69) is 5.32 Å². The number of anilines is 1. The van der Waals surface area contributed by atoms with Crippen molar-refractivity contribution in [3.63, 3.8) is 0 Å². The summed E-state index contributed by atoms with van der Waals surface area (Å²) in [6.07, 6.45) is -6.26. The second-order valence-corrected chi connectivity index (χ2v) is 9.17. The van der Waals surface area contributed by atoms with Crippen LogP contribution in [-0.2, 0) is 15.8 Å². The van der Waals surface area contributed by atoms with Crippen LogP contribution in [0.4, 0.5) is 18.9 Å². The van der Waals surface area contributed by atoms with E-state index in [-0.39, 0.29) is 29.0 Å². The molecule has 2 aliphatic heterocycles. The summed E-state index contributed by atoms with van der Waals surface area (Å²) in [6.45, 7) is 0.612. The van der Waals surface area contributed by atoms with Gasteiger partial charge in [-0.25, -0.2) is 0 Å². The number of rotatable bonds is 3. The molecule has 4 rings (SSSR count). The number of nitrogens with zero attached hydrogens (tertiary/aromatic N) is 2. The fourth-order valence-corrected chi connectivity index (χ4v) is 5.44. The minimum absolute atomic E-state index is 0.0720. The van der Waals surface area contributed by atoms with Gasteiger partial charge in [0.05, 0.1) is 29.7 Å². The molecule has 1 aromatic rings. The number of aliphatic hydroxyl groups excluding tert-OH is 2. The molecule has 1 aromatic carbocycles. The van der Waals surface area contributed by atoms with Crippen LogP contribution in [0.5, 0.6) is 0 Å². The number of primary amides is 1. The van der Waals surface area contributed by atoms with Crippen LogP contribution < -0.4 is 16.0 Å². The van der Waals surface area contributed by atoms with Crippen molar-refractivity contribution in [2.24, 2.45) is 17.6 Å². The molecule has 33 heavy (non-hydrogen) atoms. The number of benzene rings is 1. The Morgan fingerprint density at radius 2 is 1.85 bits per heavy atom. The Labute approximate surface area is 193 Å². The van der Waals surface area contributed by atoms with E-state index in [9.17, 15) is 33.0 Å². The number of fused-ring (bicyclic) bond motifs is 1. The van der Waals surface area contributed by atoms with Gasteiger partial charge in [0.25, 0.3) is 0 Å². The predicted octanol–water partition coefficient (Wildman–Crippen LogP) is 0.603. The van der Waals surface area contributed by atoms with Crippen LogP contribution in [0, 0.1) is 11.8 Å². The Balaban J connectivity index is 1.65. The van der Waals surface area contributed by atoms with Gasteiger partial charge in [0.15, 0.2) is 5.11 Å². The number of hydrogen-bond acceptors (Lipinski definition) is 5. The van der Waals surface area contributed by atoms with Crippen molar-refractivity contribution < 1.29 is 33.0 Å². The summed E-state index contributed by atoms with van der Waals surface area (Å²) in [5.41, 5.74) is 4.64. The molecule has 3 fully saturated rings. The van der Waals surface area contributed by atoms with E-state index < -0.39 is 47.9 Å². The van der Waals surface area contributed by atoms with Crippen molar-refractivity contribution in [1.29, 1.82) is 0 Å². The van der Waals surface area contributed by atoms with Gasteiger partial charge in [0, 0.05) is 24.7 Å².